The van der Waals surface area contributed by atoms with E-state index in [1.54, 1.807) is 7.05 Å². The Bertz CT molecular complexity index is 625. The third-order valence-corrected chi connectivity index (χ3v) is 4.15. The van der Waals surface area contributed by atoms with E-state index in [0.29, 0.717) is 0 Å². The molecule has 0 bridgehead atoms. The molecule has 1 aromatic carbocycles. The van der Waals surface area contributed by atoms with Crippen LogP contribution in [0.1, 0.15) is 11.6 Å². The van der Waals surface area contributed by atoms with E-state index in [0.717, 1.165) is 30.6 Å². The van der Waals surface area contributed by atoms with Crippen LogP contribution in [-0.4, -0.2) is 49.7 Å². The normalized spacial score (nSPS) is 12.6. The zero-order valence-corrected chi connectivity index (χ0v) is 18.0. The molecule has 0 saturated carbocycles. The molecule has 0 aliphatic heterocycles. The first-order valence-electron chi connectivity index (χ1n) is 8.07. The summed E-state index contributed by atoms with van der Waals surface area (Å²) in [6.45, 7) is 2.49. The number of guanidine groups is 1. The van der Waals surface area contributed by atoms with E-state index < -0.39 is 0 Å². The maximum absolute atomic E-state index is 5.99. The molecule has 0 aliphatic rings. The van der Waals surface area contributed by atoms with Crippen molar-refractivity contribution in [3.05, 3.63) is 59.4 Å². The molecular weight excluding hydrogens is 449 g/mol. The molecule has 0 radical (unpaired) electrons. The number of aliphatic imine (C=N–C) groups is 1. The Morgan fingerprint density at radius 2 is 1.80 bits per heavy atom. The Morgan fingerprint density at radius 1 is 1.16 bits per heavy atom. The molecule has 25 heavy (non-hydrogen) atoms. The van der Waals surface area contributed by atoms with Crippen molar-refractivity contribution >= 4 is 41.5 Å². The average molecular weight is 476 g/mol. The van der Waals surface area contributed by atoms with Gasteiger partial charge in [-0.1, -0.05) is 23.7 Å². The molecule has 2 aromatic rings. The molecule has 2 N–H and O–H groups in total. The predicted molar refractivity (Wildman–Crippen MR) is 117 cm³/mol. The first-order valence-corrected chi connectivity index (χ1v) is 8.45. The molecule has 138 valence electrons. The Balaban J connectivity index is 0.00000312. The van der Waals surface area contributed by atoms with Gasteiger partial charge < -0.3 is 20.1 Å². The number of hydrogen-bond donors (Lipinski definition) is 2. The maximum Gasteiger partial charge on any atom is 0.191 e. The minimum absolute atomic E-state index is 0. The fourth-order valence-electron chi connectivity index (χ4n) is 2.52. The molecule has 1 aromatic heterocycles. The minimum Gasteiger partial charge on any atom is -0.355 e. The molecule has 0 saturated heterocycles. The van der Waals surface area contributed by atoms with E-state index in [1.165, 1.54) is 5.56 Å². The van der Waals surface area contributed by atoms with Gasteiger partial charge in [0.1, 0.15) is 0 Å². The first-order chi connectivity index (χ1) is 11.6. The zero-order chi connectivity index (χ0) is 17.4. The molecule has 2 rings (SSSR count). The van der Waals surface area contributed by atoms with E-state index in [1.807, 2.05) is 24.3 Å². The molecule has 0 amide bonds. The highest BCUT2D eigenvalue weighted by Gasteiger charge is 2.14. The van der Waals surface area contributed by atoms with Crippen LogP contribution in [-0.2, 0) is 6.54 Å². The maximum atomic E-state index is 5.99. The zero-order valence-electron chi connectivity index (χ0n) is 14.9. The number of halogens is 2. The van der Waals surface area contributed by atoms with E-state index in [-0.39, 0.29) is 30.0 Å². The second-order valence-electron chi connectivity index (χ2n) is 5.83. The fraction of sp³-hybridized carbons (Fsp3) is 0.389. The number of nitrogens with one attached hydrogen (secondary N) is 2. The lowest BCUT2D eigenvalue weighted by Crippen LogP contribution is -2.42. The third kappa shape index (κ3) is 7.25. The van der Waals surface area contributed by atoms with Gasteiger partial charge in [-0.15, -0.1) is 24.0 Å². The highest BCUT2D eigenvalue weighted by atomic mass is 127. The number of aromatic nitrogens is 1. The van der Waals surface area contributed by atoms with Crippen LogP contribution in [0.25, 0.3) is 0 Å². The number of benzene rings is 1. The highest BCUT2D eigenvalue weighted by molar-refractivity contribution is 14.0. The molecule has 0 aliphatic carbocycles. The van der Waals surface area contributed by atoms with Crippen LogP contribution in [0.2, 0.25) is 5.02 Å². The summed E-state index contributed by atoms with van der Waals surface area (Å²) in [7, 11) is 5.93. The largest absolute Gasteiger partial charge is 0.355 e. The summed E-state index contributed by atoms with van der Waals surface area (Å²) in [5.74, 6) is 0.808. The molecule has 5 nitrogen and oxygen atoms in total. The summed E-state index contributed by atoms with van der Waals surface area (Å²) in [5, 5.41) is 7.50. The van der Waals surface area contributed by atoms with Crippen LogP contribution in [0.15, 0.2) is 53.8 Å². The Morgan fingerprint density at radius 3 is 2.36 bits per heavy atom. The van der Waals surface area contributed by atoms with Gasteiger partial charge in [0.05, 0.1) is 6.04 Å². The van der Waals surface area contributed by atoms with Crippen molar-refractivity contribution in [2.45, 2.75) is 12.6 Å². The van der Waals surface area contributed by atoms with Crippen LogP contribution < -0.4 is 10.6 Å². The number of nitrogens with zero attached hydrogens (tertiary/aromatic N) is 3. The first kappa shape index (κ1) is 21.8. The monoisotopic (exact) mass is 475 g/mol. The van der Waals surface area contributed by atoms with E-state index in [4.69, 9.17) is 11.6 Å². The smallest absolute Gasteiger partial charge is 0.191 e. The van der Waals surface area contributed by atoms with Crippen molar-refractivity contribution in [3.63, 3.8) is 0 Å². The van der Waals surface area contributed by atoms with Crippen molar-refractivity contribution in [2.75, 3.05) is 34.2 Å². The molecule has 0 fully saturated rings. The number of hydrogen-bond acceptors (Lipinski definition) is 2. The van der Waals surface area contributed by atoms with Gasteiger partial charge in [0, 0.05) is 44.1 Å². The SMILES string of the molecule is CN=C(NCCn1cccc1)NCC(c1ccc(Cl)cc1)N(C)C.I. The number of likely N-dealkylation sites (N-methyl/N-ethyl adjacent to an activating group) is 1. The Labute approximate surface area is 172 Å². The van der Waals surface area contributed by atoms with Crippen LogP contribution in [0.5, 0.6) is 0 Å². The standard InChI is InChI=1S/C18H26ClN5.HI/c1-20-18(21-10-13-24-11-4-5-12-24)22-14-17(23(2)3)15-6-8-16(19)9-7-15;/h4-9,11-12,17H,10,13-14H2,1-3H3,(H2,20,21,22);1H. The third-order valence-electron chi connectivity index (χ3n) is 3.89. The predicted octanol–water partition coefficient (Wildman–Crippen LogP) is 3.23. The van der Waals surface area contributed by atoms with Gasteiger partial charge in [-0.05, 0) is 43.9 Å². The number of rotatable bonds is 7. The van der Waals surface area contributed by atoms with Gasteiger partial charge in [0.25, 0.3) is 0 Å². The van der Waals surface area contributed by atoms with Gasteiger partial charge >= 0.3 is 0 Å². The van der Waals surface area contributed by atoms with Crippen molar-refractivity contribution in [2.24, 2.45) is 4.99 Å². The minimum atomic E-state index is 0. The summed E-state index contributed by atoms with van der Waals surface area (Å²) >= 11 is 5.99. The Kier molecular flexibility index (Phi) is 9.92. The molecule has 0 spiro atoms. The summed E-state index contributed by atoms with van der Waals surface area (Å²) in [6.07, 6.45) is 4.11. The van der Waals surface area contributed by atoms with Crippen LogP contribution in [0.3, 0.4) is 0 Å². The summed E-state index contributed by atoms with van der Waals surface area (Å²) in [4.78, 5) is 6.48. The lowest BCUT2D eigenvalue weighted by molar-refractivity contribution is 0.298. The lowest BCUT2D eigenvalue weighted by atomic mass is 10.1. The van der Waals surface area contributed by atoms with Crippen molar-refractivity contribution in [1.29, 1.82) is 0 Å². The fourth-order valence-corrected chi connectivity index (χ4v) is 2.65. The summed E-state index contributed by atoms with van der Waals surface area (Å²) in [5.41, 5.74) is 1.22. The second-order valence-corrected chi connectivity index (χ2v) is 6.27. The van der Waals surface area contributed by atoms with Gasteiger partial charge in [-0.2, -0.15) is 0 Å². The lowest BCUT2D eigenvalue weighted by Gasteiger charge is -2.26. The van der Waals surface area contributed by atoms with Gasteiger partial charge in [0.2, 0.25) is 0 Å². The van der Waals surface area contributed by atoms with Gasteiger partial charge in [0.15, 0.2) is 5.96 Å². The quantitative estimate of drug-likeness (QED) is 0.367. The van der Waals surface area contributed by atoms with Gasteiger partial charge in [-0.3, -0.25) is 4.99 Å². The summed E-state index contributed by atoms with van der Waals surface area (Å²) in [6, 6.07) is 12.3. The van der Waals surface area contributed by atoms with Crippen LogP contribution in [0, 0.1) is 0 Å². The van der Waals surface area contributed by atoms with Crippen molar-refractivity contribution in [1.82, 2.24) is 20.1 Å². The van der Waals surface area contributed by atoms with E-state index in [2.05, 4.69) is 63.7 Å². The van der Waals surface area contributed by atoms with Crippen LogP contribution in [0.4, 0.5) is 0 Å². The topological polar surface area (TPSA) is 44.6 Å². The molecule has 1 atom stereocenters. The van der Waals surface area contributed by atoms with Crippen molar-refractivity contribution in [3.8, 4) is 0 Å². The molecule has 7 heteroatoms. The van der Waals surface area contributed by atoms with Crippen molar-refractivity contribution < 1.29 is 0 Å². The Hall–Kier alpha value is -1.25. The highest BCUT2D eigenvalue weighted by Crippen LogP contribution is 2.19. The average Bonchev–Trinajstić information content (AvgIpc) is 3.08. The molecular formula is C18H27ClIN5. The summed E-state index contributed by atoms with van der Waals surface area (Å²) < 4.78 is 2.14. The molecule has 1 unspecified atom stereocenters. The van der Waals surface area contributed by atoms with Crippen LogP contribution >= 0.6 is 35.6 Å². The van der Waals surface area contributed by atoms with E-state index >= 15 is 0 Å². The van der Waals surface area contributed by atoms with E-state index in [9.17, 15) is 0 Å². The molecule has 1 heterocycles. The second kappa shape index (κ2) is 11.4. The van der Waals surface area contributed by atoms with Gasteiger partial charge in [-0.25, -0.2) is 0 Å².